The standard InChI is InChI=1S/C19H27N8O/c1-11-26(2)16-14(24-18(20)21)12-7-4-5-8-13(12)15(25-19(22)23)17(16)27(11)9-6-10-28-3/h4-5,7-8H,6,9-10H2,1-3H3,(H4,20,21,24)(H4,22,23,25)/q+1. The molecule has 9 nitrogen and oxygen atoms in total. The van der Waals surface area contributed by atoms with Crippen LogP contribution in [-0.2, 0) is 18.3 Å². The van der Waals surface area contributed by atoms with Gasteiger partial charge in [0.15, 0.2) is 11.9 Å². The number of nitrogens with two attached hydrogens (primary N) is 4. The number of rotatable bonds is 6. The van der Waals surface area contributed by atoms with Gasteiger partial charge in [-0.25, -0.2) is 19.1 Å². The summed E-state index contributed by atoms with van der Waals surface area (Å²) in [5.74, 6) is 1.01. The van der Waals surface area contributed by atoms with Gasteiger partial charge in [0.05, 0.1) is 13.6 Å². The number of benzene rings is 2. The lowest BCUT2D eigenvalue weighted by Crippen LogP contribution is -2.31. The monoisotopic (exact) mass is 383 g/mol. The minimum atomic E-state index is -0.00849. The number of aromatic nitrogens is 2. The molecule has 0 atom stereocenters. The number of nitrogens with zero attached hydrogens (tertiary/aromatic N) is 4. The summed E-state index contributed by atoms with van der Waals surface area (Å²) in [5.41, 5.74) is 26.2. The summed E-state index contributed by atoms with van der Waals surface area (Å²) >= 11 is 0. The zero-order chi connectivity index (χ0) is 20.4. The number of hydrogen-bond donors (Lipinski definition) is 4. The van der Waals surface area contributed by atoms with Crippen LogP contribution in [0.5, 0.6) is 0 Å². The molecule has 0 spiro atoms. The average molecular weight is 383 g/mol. The molecule has 148 valence electrons. The van der Waals surface area contributed by atoms with Gasteiger partial charge in [0.25, 0.3) is 5.82 Å². The first-order chi connectivity index (χ1) is 13.4. The van der Waals surface area contributed by atoms with Crippen LogP contribution in [0.2, 0.25) is 0 Å². The van der Waals surface area contributed by atoms with Crippen LogP contribution >= 0.6 is 0 Å². The van der Waals surface area contributed by atoms with Crippen molar-refractivity contribution in [3.63, 3.8) is 0 Å². The number of aliphatic imine (C=N–C) groups is 2. The van der Waals surface area contributed by atoms with Crippen molar-refractivity contribution in [1.82, 2.24) is 4.57 Å². The summed E-state index contributed by atoms with van der Waals surface area (Å²) in [6.07, 6.45) is 0.840. The second-order valence-electron chi connectivity index (χ2n) is 6.62. The topological polar surface area (TPSA) is 147 Å². The SMILES string of the molecule is COCCCn1c(C)[n+](C)c2c(N=C(N)N)c3ccccc3c(N=C(N)N)c21. The van der Waals surface area contributed by atoms with Crippen LogP contribution in [0.15, 0.2) is 34.3 Å². The summed E-state index contributed by atoms with van der Waals surface area (Å²) in [7, 11) is 3.67. The van der Waals surface area contributed by atoms with Gasteiger partial charge in [0.2, 0.25) is 11.0 Å². The average Bonchev–Trinajstić information content (AvgIpc) is 2.89. The molecule has 0 unspecified atom stereocenters. The summed E-state index contributed by atoms with van der Waals surface area (Å²) in [4.78, 5) is 8.93. The molecule has 0 aliphatic heterocycles. The molecule has 0 saturated carbocycles. The highest BCUT2D eigenvalue weighted by Crippen LogP contribution is 2.42. The quantitative estimate of drug-likeness (QED) is 0.215. The zero-order valence-corrected chi connectivity index (χ0v) is 16.4. The lowest BCUT2D eigenvalue weighted by Gasteiger charge is -2.09. The Balaban J connectivity index is 2.54. The molecule has 0 fully saturated rings. The number of guanidine groups is 2. The molecule has 28 heavy (non-hydrogen) atoms. The van der Waals surface area contributed by atoms with E-state index in [1.165, 1.54) is 0 Å². The molecule has 0 saturated heterocycles. The zero-order valence-electron chi connectivity index (χ0n) is 16.4. The van der Waals surface area contributed by atoms with Gasteiger partial charge in [-0.1, -0.05) is 24.3 Å². The Hall–Kier alpha value is -3.33. The van der Waals surface area contributed by atoms with Gasteiger partial charge in [-0.2, -0.15) is 0 Å². The fourth-order valence-electron chi connectivity index (χ4n) is 3.58. The van der Waals surface area contributed by atoms with Gasteiger partial charge in [0.1, 0.15) is 11.4 Å². The van der Waals surface area contributed by atoms with E-state index >= 15 is 0 Å². The molecule has 0 aliphatic carbocycles. The lowest BCUT2D eigenvalue weighted by molar-refractivity contribution is -0.652. The molecule has 2 aromatic carbocycles. The normalized spacial score (nSPS) is 11.1. The van der Waals surface area contributed by atoms with Crippen molar-refractivity contribution in [3.05, 3.63) is 30.1 Å². The maximum atomic E-state index is 5.77. The Labute approximate surface area is 163 Å². The fourth-order valence-corrected chi connectivity index (χ4v) is 3.58. The Kier molecular flexibility index (Phi) is 5.36. The number of imidazole rings is 1. The second kappa shape index (κ2) is 7.73. The summed E-state index contributed by atoms with van der Waals surface area (Å²) in [5, 5.41) is 1.74. The maximum absolute atomic E-state index is 5.77. The van der Waals surface area contributed by atoms with Gasteiger partial charge in [-0.05, 0) is 0 Å². The number of ether oxygens (including phenoxy) is 1. The second-order valence-corrected chi connectivity index (χ2v) is 6.62. The van der Waals surface area contributed by atoms with Crippen molar-refractivity contribution in [2.45, 2.75) is 19.9 Å². The van der Waals surface area contributed by atoms with Crippen molar-refractivity contribution >= 4 is 45.1 Å². The third-order valence-corrected chi connectivity index (χ3v) is 4.80. The minimum Gasteiger partial charge on any atom is -0.385 e. The molecule has 9 heteroatoms. The van der Waals surface area contributed by atoms with Crippen LogP contribution < -0.4 is 27.5 Å². The van der Waals surface area contributed by atoms with E-state index in [1.54, 1.807) is 7.11 Å². The predicted molar refractivity (Wildman–Crippen MR) is 113 cm³/mol. The molecule has 1 heterocycles. The van der Waals surface area contributed by atoms with Crippen LogP contribution in [0, 0.1) is 6.92 Å². The van der Waals surface area contributed by atoms with Gasteiger partial charge < -0.3 is 27.7 Å². The molecule has 8 N–H and O–H groups in total. The van der Waals surface area contributed by atoms with Gasteiger partial charge in [-0.3, -0.25) is 0 Å². The highest BCUT2D eigenvalue weighted by atomic mass is 16.5. The fraction of sp³-hybridized carbons (Fsp3) is 0.316. The largest absolute Gasteiger partial charge is 0.385 e. The van der Waals surface area contributed by atoms with Crippen LogP contribution in [0.25, 0.3) is 21.8 Å². The van der Waals surface area contributed by atoms with Crippen molar-refractivity contribution < 1.29 is 9.30 Å². The Morgan fingerprint density at radius 1 is 1.04 bits per heavy atom. The van der Waals surface area contributed by atoms with Gasteiger partial charge in [-0.15, -0.1) is 0 Å². The van der Waals surface area contributed by atoms with E-state index in [0.717, 1.165) is 40.6 Å². The number of hydrogen-bond acceptors (Lipinski definition) is 3. The molecule has 3 aromatic rings. The number of methoxy groups -OCH3 is 1. The molecule has 0 amide bonds. The van der Waals surface area contributed by atoms with E-state index in [9.17, 15) is 0 Å². The molecule has 0 aliphatic rings. The van der Waals surface area contributed by atoms with Gasteiger partial charge >= 0.3 is 0 Å². The Bertz CT molecular complexity index is 1090. The molecule has 0 bridgehead atoms. The molecular weight excluding hydrogens is 356 g/mol. The van der Waals surface area contributed by atoms with Crippen LogP contribution in [-0.4, -0.2) is 30.2 Å². The van der Waals surface area contributed by atoms with E-state index in [-0.39, 0.29) is 11.9 Å². The van der Waals surface area contributed by atoms with Crippen LogP contribution in [0.3, 0.4) is 0 Å². The molecule has 3 rings (SSSR count). The first-order valence-corrected chi connectivity index (χ1v) is 8.98. The third kappa shape index (κ3) is 3.31. The predicted octanol–water partition coefficient (Wildman–Crippen LogP) is 0.774. The highest BCUT2D eigenvalue weighted by Gasteiger charge is 2.28. The van der Waals surface area contributed by atoms with Crippen molar-refractivity contribution in [2.75, 3.05) is 13.7 Å². The van der Waals surface area contributed by atoms with E-state index in [2.05, 4.69) is 19.1 Å². The summed E-state index contributed by atoms with van der Waals surface area (Å²) in [6, 6.07) is 7.79. The molecule has 1 aromatic heterocycles. The van der Waals surface area contributed by atoms with Crippen molar-refractivity contribution in [3.8, 4) is 0 Å². The van der Waals surface area contributed by atoms with E-state index in [1.807, 2.05) is 38.2 Å². The summed E-state index contributed by atoms with van der Waals surface area (Å²) in [6.45, 7) is 3.43. The van der Waals surface area contributed by atoms with Gasteiger partial charge in [0, 0.05) is 37.8 Å². The first kappa shape index (κ1) is 19.4. The number of aryl methyl sites for hydroxylation is 2. The Morgan fingerprint density at radius 3 is 2.18 bits per heavy atom. The van der Waals surface area contributed by atoms with E-state index in [0.29, 0.717) is 18.0 Å². The van der Waals surface area contributed by atoms with Crippen LogP contribution in [0.4, 0.5) is 11.4 Å². The molecular formula is C19H27N8O+. The Morgan fingerprint density at radius 2 is 1.61 bits per heavy atom. The first-order valence-electron chi connectivity index (χ1n) is 8.98. The van der Waals surface area contributed by atoms with Crippen LogP contribution in [0.1, 0.15) is 12.2 Å². The molecule has 0 radical (unpaired) electrons. The maximum Gasteiger partial charge on any atom is 0.254 e. The number of fused-ring (bicyclic) bond motifs is 2. The summed E-state index contributed by atoms with van der Waals surface area (Å²) < 4.78 is 9.45. The van der Waals surface area contributed by atoms with Crippen molar-refractivity contribution in [2.24, 2.45) is 40.0 Å². The van der Waals surface area contributed by atoms with Crippen molar-refractivity contribution in [1.29, 1.82) is 0 Å². The highest BCUT2D eigenvalue weighted by molar-refractivity contribution is 6.16. The van der Waals surface area contributed by atoms with E-state index < -0.39 is 0 Å². The van der Waals surface area contributed by atoms with E-state index in [4.69, 9.17) is 27.7 Å². The smallest absolute Gasteiger partial charge is 0.254 e. The minimum absolute atomic E-state index is 0.00834. The third-order valence-electron chi connectivity index (χ3n) is 4.80. The lowest BCUT2D eigenvalue weighted by atomic mass is 10.0.